The van der Waals surface area contributed by atoms with E-state index in [1.165, 1.54) is 0 Å². The molecule has 1 heterocycles. The van der Waals surface area contributed by atoms with Crippen molar-refractivity contribution < 1.29 is 10.2 Å². The van der Waals surface area contributed by atoms with Gasteiger partial charge in [0.2, 0.25) is 0 Å². The van der Waals surface area contributed by atoms with Crippen LogP contribution >= 0.6 is 0 Å². The predicted molar refractivity (Wildman–Crippen MR) is 36.1 cm³/mol. The molecule has 2 N–H and O–H groups in total. The number of hydrogen-bond acceptors (Lipinski definition) is 3. The molecule has 4 nitrogen and oxygen atoms in total. The third-order valence-electron chi connectivity index (χ3n) is 1.25. The van der Waals surface area contributed by atoms with Crippen LogP contribution in [0.4, 0.5) is 0 Å². The molecular formula is C6H10N2O2. The number of rotatable bonds is 1. The first kappa shape index (κ1) is 7.27. The lowest BCUT2D eigenvalue weighted by Crippen LogP contribution is -3.03. The van der Waals surface area contributed by atoms with Crippen LogP contribution in [0.5, 0.6) is 0 Å². The van der Waals surface area contributed by atoms with Gasteiger partial charge in [0.05, 0.1) is 0 Å². The van der Waals surface area contributed by atoms with Crippen molar-refractivity contribution >= 4 is 0 Å². The summed E-state index contributed by atoms with van der Waals surface area (Å²) in [5.41, 5.74) is 3.85. The maximum atomic E-state index is 10.8. The Labute approximate surface area is 59.3 Å². The van der Waals surface area contributed by atoms with E-state index in [9.17, 15) is 5.21 Å². The number of allylic oxidation sites excluding steroid dienone is 3. The molecule has 0 fully saturated rings. The fraction of sp³-hybridized carbons (Fsp3) is 0.333. The molecule has 56 valence electrons. The second-order valence-corrected chi connectivity index (χ2v) is 2.03. The number of hydroxylamine groups is 3. The molecular weight excluding hydrogens is 132 g/mol. The molecule has 0 amide bonds. The van der Waals surface area contributed by atoms with Gasteiger partial charge >= 0.3 is 0 Å². The summed E-state index contributed by atoms with van der Waals surface area (Å²) in [6.07, 6.45) is 3.52. The fourth-order valence-corrected chi connectivity index (χ4v) is 0.746. The lowest BCUT2D eigenvalue weighted by Gasteiger charge is -2.09. The highest BCUT2D eigenvalue weighted by Gasteiger charge is 2.16. The first-order valence-electron chi connectivity index (χ1n) is 3.06. The largest absolute Gasteiger partial charge is 0.593 e. The van der Waals surface area contributed by atoms with Crippen molar-refractivity contribution in [1.29, 1.82) is 0 Å². The normalized spacial score (nSPS) is 26.1. The molecule has 0 bridgehead atoms. The molecule has 1 aliphatic heterocycles. The molecule has 0 aromatic heterocycles. The van der Waals surface area contributed by atoms with E-state index in [4.69, 9.17) is 0 Å². The van der Waals surface area contributed by atoms with Crippen LogP contribution in [0.2, 0.25) is 0 Å². The zero-order valence-electron chi connectivity index (χ0n) is 5.97. The van der Waals surface area contributed by atoms with E-state index in [0.717, 1.165) is 5.70 Å². The minimum absolute atomic E-state index is 0.310. The van der Waals surface area contributed by atoms with Crippen LogP contribution in [-0.4, -0.2) is 0 Å². The maximum Gasteiger partial charge on any atom is 0.187 e. The van der Waals surface area contributed by atoms with Gasteiger partial charge in [-0.15, -0.1) is 0 Å². The Balaban J connectivity index is 2.77. The van der Waals surface area contributed by atoms with Gasteiger partial charge in [0.15, 0.2) is 5.70 Å². The van der Waals surface area contributed by atoms with Crippen molar-refractivity contribution in [2.24, 2.45) is 0 Å². The van der Waals surface area contributed by atoms with E-state index in [0.29, 0.717) is 5.70 Å². The molecule has 1 aliphatic rings. The maximum absolute atomic E-state index is 10.8. The van der Waals surface area contributed by atoms with Gasteiger partial charge in [-0.25, -0.2) is 5.48 Å². The third kappa shape index (κ3) is 1.18. The Bertz CT molecular complexity index is 186. The standard InChI is InChI=1S/C6H10N2O2/c1-3-4-6-5(2)7-10-8(6)9/h3-4,7-8H,1-2H3/b4-3-. The first-order chi connectivity index (χ1) is 4.75. The molecule has 1 rings (SSSR count). The Kier molecular flexibility index (Phi) is 2.06. The molecule has 0 saturated carbocycles. The Hall–Kier alpha value is -0.840. The van der Waals surface area contributed by atoms with E-state index in [1.54, 1.807) is 19.1 Å². The summed E-state index contributed by atoms with van der Waals surface area (Å²) < 4.78 is 0. The quantitative estimate of drug-likeness (QED) is 0.491. The average Bonchev–Trinajstić information content (AvgIpc) is 2.20. The lowest BCUT2D eigenvalue weighted by molar-refractivity contribution is -1.02. The van der Waals surface area contributed by atoms with Gasteiger partial charge < -0.3 is 5.21 Å². The molecule has 0 saturated heterocycles. The highest BCUT2D eigenvalue weighted by molar-refractivity contribution is 5.15. The number of quaternary nitrogens is 1. The summed E-state index contributed by atoms with van der Waals surface area (Å²) in [4.78, 5) is 4.52. The van der Waals surface area contributed by atoms with Crippen LogP contribution in [0.15, 0.2) is 23.5 Å². The van der Waals surface area contributed by atoms with Crippen LogP contribution in [0.25, 0.3) is 0 Å². The first-order valence-corrected chi connectivity index (χ1v) is 3.06. The van der Waals surface area contributed by atoms with Gasteiger partial charge in [-0.1, -0.05) is 11.0 Å². The number of nitrogens with one attached hydrogen (secondary N) is 2. The second-order valence-electron chi connectivity index (χ2n) is 2.03. The predicted octanol–water partition coefficient (Wildman–Crippen LogP) is -0.373. The van der Waals surface area contributed by atoms with Crippen LogP contribution in [0, 0.1) is 5.21 Å². The summed E-state index contributed by atoms with van der Waals surface area (Å²) in [5, 5.41) is 10.5. The number of hydrogen-bond donors (Lipinski definition) is 2. The molecule has 1 atom stereocenters. The molecule has 0 aromatic rings. The highest BCUT2D eigenvalue weighted by Crippen LogP contribution is 1.98. The average molecular weight is 142 g/mol. The SMILES string of the molecule is C/C=C\C1=C(C)NO[NH+]1[O-]. The van der Waals surface area contributed by atoms with E-state index in [1.807, 2.05) is 6.92 Å². The fourth-order valence-electron chi connectivity index (χ4n) is 0.746. The molecule has 0 radical (unpaired) electrons. The minimum Gasteiger partial charge on any atom is -0.593 e. The zero-order valence-corrected chi connectivity index (χ0v) is 5.97. The van der Waals surface area contributed by atoms with Crippen LogP contribution in [0.3, 0.4) is 0 Å². The van der Waals surface area contributed by atoms with Gasteiger partial charge in [-0.05, 0) is 13.8 Å². The molecule has 0 aliphatic carbocycles. The molecule has 1 unspecified atom stereocenters. The van der Waals surface area contributed by atoms with Crippen molar-refractivity contribution in [1.82, 2.24) is 5.48 Å². The smallest absolute Gasteiger partial charge is 0.187 e. The Morgan fingerprint density at radius 2 is 2.40 bits per heavy atom. The van der Waals surface area contributed by atoms with Gasteiger partial charge in [0, 0.05) is 6.08 Å². The van der Waals surface area contributed by atoms with Crippen molar-refractivity contribution in [3.05, 3.63) is 28.8 Å². The van der Waals surface area contributed by atoms with Crippen molar-refractivity contribution in [3.8, 4) is 0 Å². The highest BCUT2D eigenvalue weighted by atomic mass is 17.0. The second kappa shape index (κ2) is 2.83. The van der Waals surface area contributed by atoms with Gasteiger partial charge in [-0.2, -0.15) is 5.23 Å². The summed E-state index contributed by atoms with van der Waals surface area (Å²) in [7, 11) is 0. The van der Waals surface area contributed by atoms with Crippen molar-refractivity contribution in [2.45, 2.75) is 13.8 Å². The van der Waals surface area contributed by atoms with Crippen LogP contribution < -0.4 is 10.7 Å². The molecule has 0 aromatic carbocycles. The summed E-state index contributed by atoms with van der Waals surface area (Å²) in [5.74, 6) is 0. The van der Waals surface area contributed by atoms with Crippen molar-refractivity contribution in [2.75, 3.05) is 0 Å². The van der Waals surface area contributed by atoms with Crippen LogP contribution in [-0.2, 0) is 4.94 Å². The molecule has 4 heteroatoms. The Morgan fingerprint density at radius 3 is 2.80 bits per heavy atom. The molecule has 0 spiro atoms. The van der Waals surface area contributed by atoms with Gasteiger partial charge in [0.25, 0.3) is 0 Å². The molecule has 10 heavy (non-hydrogen) atoms. The van der Waals surface area contributed by atoms with E-state index in [-0.39, 0.29) is 5.23 Å². The van der Waals surface area contributed by atoms with E-state index < -0.39 is 0 Å². The Morgan fingerprint density at radius 1 is 1.70 bits per heavy atom. The van der Waals surface area contributed by atoms with E-state index in [2.05, 4.69) is 10.4 Å². The van der Waals surface area contributed by atoms with Gasteiger partial charge in [0.1, 0.15) is 5.70 Å². The monoisotopic (exact) mass is 142 g/mol. The topological polar surface area (TPSA) is 48.8 Å². The lowest BCUT2D eigenvalue weighted by atomic mass is 10.3. The van der Waals surface area contributed by atoms with Crippen molar-refractivity contribution in [3.63, 3.8) is 0 Å². The van der Waals surface area contributed by atoms with Gasteiger partial charge in [-0.3, -0.25) is 0 Å². The summed E-state index contributed by atoms with van der Waals surface area (Å²) in [6.45, 7) is 3.64. The minimum atomic E-state index is -0.310. The van der Waals surface area contributed by atoms with Crippen LogP contribution in [0.1, 0.15) is 13.8 Å². The summed E-state index contributed by atoms with van der Waals surface area (Å²) in [6, 6.07) is 0. The zero-order chi connectivity index (χ0) is 7.56. The summed E-state index contributed by atoms with van der Waals surface area (Å²) >= 11 is 0. The third-order valence-corrected chi connectivity index (χ3v) is 1.25. The van der Waals surface area contributed by atoms with E-state index >= 15 is 0 Å².